The number of nitrogens with zero attached hydrogens (tertiary/aromatic N) is 1. The molecule has 3 rings (SSSR count). The van der Waals surface area contributed by atoms with Gasteiger partial charge in [0.1, 0.15) is 5.75 Å². The molecule has 1 amide bonds. The Morgan fingerprint density at radius 1 is 1.13 bits per heavy atom. The summed E-state index contributed by atoms with van der Waals surface area (Å²) < 4.78 is 3.42. The van der Waals surface area contributed by atoms with E-state index in [4.69, 9.17) is 5.73 Å². The number of phenolic OH excluding ortho intramolecular Hbond substituents is 1. The Kier molecular flexibility index (Phi) is 4.46. The van der Waals surface area contributed by atoms with Crippen LogP contribution in [0, 0.1) is 0 Å². The fraction of sp³-hybridized carbons (Fsp3) is 0.118. The number of primary amides is 1. The number of hydrogen-bond donors (Lipinski definition) is 2. The Morgan fingerprint density at radius 2 is 1.83 bits per heavy atom. The second-order valence-electron chi connectivity index (χ2n) is 5.28. The van der Waals surface area contributed by atoms with Gasteiger partial charge in [-0.1, -0.05) is 30.3 Å². The van der Waals surface area contributed by atoms with E-state index in [2.05, 4.69) is 36.4 Å². The van der Waals surface area contributed by atoms with Crippen molar-refractivity contribution in [3.8, 4) is 5.75 Å². The van der Waals surface area contributed by atoms with Gasteiger partial charge in [0.25, 0.3) is 0 Å². The van der Waals surface area contributed by atoms with Gasteiger partial charge in [-0.15, -0.1) is 0 Å². The van der Waals surface area contributed by atoms with E-state index < -0.39 is 5.91 Å². The van der Waals surface area contributed by atoms with Gasteiger partial charge in [-0.3, -0.25) is 4.79 Å². The number of benzene rings is 2. The zero-order chi connectivity index (χ0) is 16.6. The second kappa shape index (κ2) is 6.37. The Balaban J connectivity index is 2.23. The number of nitrogens with two attached hydrogens (primary N) is 1. The number of carbonyl (C=O) groups excluding carboxylic acids is 1. The molecule has 0 radical (unpaired) electrons. The number of aromatic nitrogens is 1. The lowest BCUT2D eigenvalue weighted by Gasteiger charge is -2.08. The molecule has 1 heterocycles. The van der Waals surface area contributed by atoms with Crippen LogP contribution in [0.2, 0.25) is 0 Å². The molecule has 0 fully saturated rings. The summed E-state index contributed by atoms with van der Waals surface area (Å²) in [5.74, 6) is -0.285. The topological polar surface area (TPSA) is 68.2 Å². The van der Waals surface area contributed by atoms with E-state index in [0.717, 1.165) is 26.6 Å². The summed E-state index contributed by atoms with van der Waals surface area (Å²) in [7, 11) is 0. The van der Waals surface area contributed by atoms with Gasteiger partial charge in [0.2, 0.25) is 5.91 Å². The highest BCUT2D eigenvalue weighted by atomic mass is 79.9. The van der Waals surface area contributed by atoms with Crippen LogP contribution in [0.4, 0.5) is 0 Å². The molecule has 0 aliphatic heterocycles. The zero-order valence-electron chi connectivity index (χ0n) is 12.1. The molecular formula is C17H14Br2N2O2. The molecule has 0 atom stereocenters. The third-order valence-corrected chi connectivity index (χ3v) is 5.42. The Labute approximate surface area is 150 Å². The predicted octanol–water partition coefficient (Wildman–Crippen LogP) is 3.95. The third kappa shape index (κ3) is 3.01. The number of aromatic hydroxyl groups is 1. The van der Waals surface area contributed by atoms with E-state index in [0.29, 0.717) is 11.0 Å². The number of phenols is 1. The molecule has 0 spiro atoms. The number of halogens is 2. The van der Waals surface area contributed by atoms with Gasteiger partial charge in [0.05, 0.1) is 21.0 Å². The molecule has 2 aromatic carbocycles. The first-order valence-corrected chi connectivity index (χ1v) is 8.58. The van der Waals surface area contributed by atoms with Crippen LogP contribution in [-0.4, -0.2) is 15.6 Å². The van der Waals surface area contributed by atoms with Crippen LogP contribution in [-0.2, 0) is 17.8 Å². The van der Waals surface area contributed by atoms with Crippen LogP contribution < -0.4 is 5.73 Å². The lowest BCUT2D eigenvalue weighted by molar-refractivity contribution is -0.117. The predicted molar refractivity (Wildman–Crippen MR) is 97.4 cm³/mol. The summed E-state index contributed by atoms with van der Waals surface area (Å²) in [5.41, 5.74) is 8.21. The van der Waals surface area contributed by atoms with Crippen molar-refractivity contribution in [1.82, 2.24) is 4.57 Å². The smallest absolute Gasteiger partial charge is 0.221 e. The van der Waals surface area contributed by atoms with Crippen LogP contribution in [0.15, 0.2) is 51.5 Å². The maximum atomic E-state index is 11.4. The summed E-state index contributed by atoms with van der Waals surface area (Å²) >= 11 is 7.01. The van der Waals surface area contributed by atoms with Crippen LogP contribution in [0.3, 0.4) is 0 Å². The minimum absolute atomic E-state index is 0.0981. The minimum atomic E-state index is -0.417. The van der Waals surface area contributed by atoms with Crippen LogP contribution in [0.25, 0.3) is 10.9 Å². The Bertz CT molecular complexity index is 889. The van der Waals surface area contributed by atoms with Crippen LogP contribution in [0.5, 0.6) is 5.75 Å². The summed E-state index contributed by atoms with van der Waals surface area (Å²) in [6.07, 6.45) is 0.0981. The van der Waals surface area contributed by atoms with Crippen LogP contribution in [0.1, 0.15) is 11.1 Å². The molecular weight excluding hydrogens is 424 g/mol. The lowest BCUT2D eigenvalue weighted by atomic mass is 10.1. The largest absolute Gasteiger partial charge is 0.507 e. The van der Waals surface area contributed by atoms with Gasteiger partial charge in [0.15, 0.2) is 0 Å². The maximum Gasteiger partial charge on any atom is 0.221 e. The molecule has 118 valence electrons. The van der Waals surface area contributed by atoms with Gasteiger partial charge in [-0.05, 0) is 49.6 Å². The summed E-state index contributed by atoms with van der Waals surface area (Å²) in [4.78, 5) is 11.4. The molecule has 3 N–H and O–H groups in total. The third-order valence-electron chi connectivity index (χ3n) is 3.71. The zero-order valence-corrected chi connectivity index (χ0v) is 15.3. The highest BCUT2D eigenvalue weighted by molar-refractivity contribution is 9.11. The average Bonchev–Trinajstić information content (AvgIpc) is 2.77. The average molecular weight is 438 g/mol. The Morgan fingerprint density at radius 3 is 2.48 bits per heavy atom. The lowest BCUT2D eigenvalue weighted by Crippen LogP contribution is -2.14. The summed E-state index contributed by atoms with van der Waals surface area (Å²) in [6, 6.07) is 13.5. The van der Waals surface area contributed by atoms with Gasteiger partial charge < -0.3 is 15.4 Å². The first kappa shape index (κ1) is 16.1. The quantitative estimate of drug-likeness (QED) is 0.648. The first-order valence-electron chi connectivity index (χ1n) is 6.99. The van der Waals surface area contributed by atoms with Gasteiger partial charge in [-0.25, -0.2) is 0 Å². The first-order chi connectivity index (χ1) is 11.0. The van der Waals surface area contributed by atoms with E-state index in [1.54, 1.807) is 6.07 Å². The number of fused-ring (bicyclic) bond motifs is 1. The molecule has 0 aliphatic rings. The molecule has 1 aromatic heterocycles. The Hall–Kier alpha value is -1.79. The molecule has 0 saturated heterocycles. The van der Waals surface area contributed by atoms with Gasteiger partial charge >= 0.3 is 0 Å². The fourth-order valence-electron chi connectivity index (χ4n) is 2.69. The van der Waals surface area contributed by atoms with E-state index in [1.165, 1.54) is 0 Å². The number of amides is 1. The second-order valence-corrected chi connectivity index (χ2v) is 6.82. The van der Waals surface area contributed by atoms with Crippen molar-refractivity contribution in [3.05, 3.63) is 62.7 Å². The molecule has 3 aromatic rings. The number of hydrogen-bond acceptors (Lipinski definition) is 2. The fourth-order valence-corrected chi connectivity index (χ4v) is 3.92. The molecule has 0 bridgehead atoms. The molecule has 0 unspecified atom stereocenters. The molecule has 0 saturated carbocycles. The molecule has 23 heavy (non-hydrogen) atoms. The van der Waals surface area contributed by atoms with Crippen molar-refractivity contribution in [2.75, 3.05) is 0 Å². The normalized spacial score (nSPS) is 11.0. The number of rotatable bonds is 4. The van der Waals surface area contributed by atoms with Crippen molar-refractivity contribution in [2.45, 2.75) is 13.0 Å². The summed E-state index contributed by atoms with van der Waals surface area (Å²) in [5, 5.41) is 10.8. The van der Waals surface area contributed by atoms with E-state index in [1.807, 2.05) is 36.4 Å². The van der Waals surface area contributed by atoms with Crippen molar-refractivity contribution in [3.63, 3.8) is 0 Å². The van der Waals surface area contributed by atoms with Crippen molar-refractivity contribution in [1.29, 1.82) is 0 Å². The van der Waals surface area contributed by atoms with Crippen molar-refractivity contribution < 1.29 is 9.90 Å². The maximum absolute atomic E-state index is 11.4. The van der Waals surface area contributed by atoms with E-state index in [-0.39, 0.29) is 12.2 Å². The van der Waals surface area contributed by atoms with Crippen molar-refractivity contribution in [2.24, 2.45) is 5.73 Å². The summed E-state index contributed by atoms with van der Waals surface area (Å²) in [6.45, 7) is 0.647. The molecule has 6 heteroatoms. The van der Waals surface area contributed by atoms with Gasteiger partial charge in [0, 0.05) is 17.5 Å². The van der Waals surface area contributed by atoms with E-state index in [9.17, 15) is 9.90 Å². The van der Waals surface area contributed by atoms with E-state index >= 15 is 0 Å². The van der Waals surface area contributed by atoms with Crippen molar-refractivity contribution >= 4 is 48.7 Å². The highest BCUT2D eigenvalue weighted by Gasteiger charge is 2.20. The monoisotopic (exact) mass is 436 g/mol. The van der Waals surface area contributed by atoms with Crippen LogP contribution >= 0.6 is 31.9 Å². The molecule has 4 nitrogen and oxygen atoms in total. The standard InChI is InChI=1S/C17H14Br2N2O2/c18-16-13(22)7-6-12-15(16)11(8-14(20)23)17(19)21(12)9-10-4-2-1-3-5-10/h1-7,22H,8-9H2,(H2,20,23). The highest BCUT2D eigenvalue weighted by Crippen LogP contribution is 2.40. The SMILES string of the molecule is NC(=O)Cc1c(Br)n(Cc2ccccc2)c2ccc(O)c(Br)c12. The number of carbonyl (C=O) groups is 1. The molecule has 0 aliphatic carbocycles. The minimum Gasteiger partial charge on any atom is -0.507 e. The van der Waals surface area contributed by atoms with Gasteiger partial charge in [-0.2, -0.15) is 0 Å².